The standard InChI is InChI=1S/C9H17NO2/c1-4-9(2,3)12-8(11)10-7-5-6-7/h7H,4-6H2,1-3H3,(H,10,11). The molecule has 0 radical (unpaired) electrons. The number of carbonyl (C=O) groups is 1. The fourth-order valence-corrected chi connectivity index (χ4v) is 0.747. The van der Waals surface area contributed by atoms with Crippen molar-refractivity contribution >= 4 is 6.09 Å². The van der Waals surface area contributed by atoms with Crippen LogP contribution in [0.15, 0.2) is 0 Å². The number of carbonyl (C=O) groups excluding carboxylic acids is 1. The summed E-state index contributed by atoms with van der Waals surface area (Å²) in [6.45, 7) is 5.84. The first-order valence-corrected chi connectivity index (χ1v) is 4.53. The molecule has 1 saturated carbocycles. The molecule has 12 heavy (non-hydrogen) atoms. The van der Waals surface area contributed by atoms with Crippen LogP contribution < -0.4 is 5.32 Å². The Labute approximate surface area is 73.5 Å². The molecule has 1 aliphatic carbocycles. The van der Waals surface area contributed by atoms with Gasteiger partial charge >= 0.3 is 6.09 Å². The second kappa shape index (κ2) is 3.33. The van der Waals surface area contributed by atoms with Gasteiger partial charge in [-0.25, -0.2) is 4.79 Å². The van der Waals surface area contributed by atoms with Crippen molar-refractivity contribution in [3.8, 4) is 0 Å². The molecule has 3 nitrogen and oxygen atoms in total. The smallest absolute Gasteiger partial charge is 0.407 e. The molecule has 0 saturated heterocycles. The Morgan fingerprint density at radius 1 is 1.58 bits per heavy atom. The molecule has 1 aliphatic rings. The Hall–Kier alpha value is -0.730. The van der Waals surface area contributed by atoms with E-state index in [0.29, 0.717) is 6.04 Å². The fourth-order valence-electron chi connectivity index (χ4n) is 0.747. The monoisotopic (exact) mass is 171 g/mol. The largest absolute Gasteiger partial charge is 0.444 e. The number of rotatable bonds is 3. The number of nitrogens with one attached hydrogen (secondary N) is 1. The van der Waals surface area contributed by atoms with Crippen molar-refractivity contribution in [2.45, 2.75) is 51.7 Å². The van der Waals surface area contributed by atoms with Gasteiger partial charge in [0.1, 0.15) is 5.60 Å². The van der Waals surface area contributed by atoms with E-state index in [-0.39, 0.29) is 11.7 Å². The summed E-state index contributed by atoms with van der Waals surface area (Å²) in [7, 11) is 0. The van der Waals surface area contributed by atoms with E-state index in [1.807, 2.05) is 20.8 Å². The maximum absolute atomic E-state index is 11.1. The number of hydrogen-bond donors (Lipinski definition) is 1. The summed E-state index contributed by atoms with van der Waals surface area (Å²) in [5.74, 6) is 0. The first-order valence-electron chi connectivity index (χ1n) is 4.53. The average Bonchev–Trinajstić information content (AvgIpc) is 2.70. The summed E-state index contributed by atoms with van der Waals surface area (Å²) in [4.78, 5) is 11.1. The minimum atomic E-state index is -0.334. The van der Waals surface area contributed by atoms with E-state index >= 15 is 0 Å². The predicted octanol–water partition coefficient (Wildman–Crippen LogP) is 2.06. The van der Waals surface area contributed by atoms with Gasteiger partial charge < -0.3 is 10.1 Å². The number of ether oxygens (including phenoxy) is 1. The van der Waals surface area contributed by atoms with E-state index in [4.69, 9.17) is 4.74 Å². The molecular weight excluding hydrogens is 154 g/mol. The minimum absolute atomic E-state index is 0.274. The third kappa shape index (κ3) is 3.11. The Balaban J connectivity index is 2.23. The molecule has 0 unspecified atom stereocenters. The second-order valence-electron chi connectivity index (χ2n) is 3.92. The summed E-state index contributed by atoms with van der Waals surface area (Å²) in [5.41, 5.74) is -0.334. The lowest BCUT2D eigenvalue weighted by molar-refractivity contribution is 0.0360. The van der Waals surface area contributed by atoms with Crippen molar-refractivity contribution in [3.05, 3.63) is 0 Å². The maximum atomic E-state index is 11.1. The molecule has 1 amide bonds. The lowest BCUT2D eigenvalue weighted by Crippen LogP contribution is -2.35. The van der Waals surface area contributed by atoms with E-state index in [2.05, 4.69) is 5.32 Å². The highest BCUT2D eigenvalue weighted by Gasteiger charge is 2.27. The zero-order valence-electron chi connectivity index (χ0n) is 8.02. The summed E-state index contributed by atoms with van der Waals surface area (Å²) >= 11 is 0. The van der Waals surface area contributed by atoms with Crippen LogP contribution in [0.3, 0.4) is 0 Å². The second-order valence-corrected chi connectivity index (χ2v) is 3.92. The van der Waals surface area contributed by atoms with Crippen LogP contribution in [-0.2, 0) is 4.74 Å². The quantitative estimate of drug-likeness (QED) is 0.705. The molecule has 1 rings (SSSR count). The molecule has 0 aromatic carbocycles. The van der Waals surface area contributed by atoms with E-state index in [0.717, 1.165) is 19.3 Å². The molecule has 0 bridgehead atoms. The van der Waals surface area contributed by atoms with Gasteiger partial charge in [-0.05, 0) is 33.1 Å². The van der Waals surface area contributed by atoms with Gasteiger partial charge in [0.05, 0.1) is 0 Å². The van der Waals surface area contributed by atoms with Crippen LogP contribution in [0, 0.1) is 0 Å². The van der Waals surface area contributed by atoms with Crippen LogP contribution in [0.5, 0.6) is 0 Å². The summed E-state index contributed by atoms with van der Waals surface area (Å²) in [5, 5.41) is 2.78. The van der Waals surface area contributed by atoms with Crippen molar-refractivity contribution < 1.29 is 9.53 Å². The number of hydrogen-bond acceptors (Lipinski definition) is 2. The van der Waals surface area contributed by atoms with Crippen molar-refractivity contribution in [3.63, 3.8) is 0 Å². The summed E-state index contributed by atoms with van der Waals surface area (Å²) in [6.07, 6.45) is 2.76. The van der Waals surface area contributed by atoms with E-state index in [9.17, 15) is 4.79 Å². The highest BCUT2D eigenvalue weighted by molar-refractivity contribution is 5.68. The van der Waals surface area contributed by atoms with E-state index in [1.54, 1.807) is 0 Å². The van der Waals surface area contributed by atoms with Crippen molar-refractivity contribution in [1.82, 2.24) is 5.32 Å². The van der Waals surface area contributed by atoms with Crippen LogP contribution in [-0.4, -0.2) is 17.7 Å². The third-order valence-electron chi connectivity index (χ3n) is 2.12. The molecule has 3 heteroatoms. The molecule has 0 aliphatic heterocycles. The highest BCUT2D eigenvalue weighted by Crippen LogP contribution is 2.20. The van der Waals surface area contributed by atoms with Crippen LogP contribution in [0.1, 0.15) is 40.0 Å². The molecule has 70 valence electrons. The third-order valence-corrected chi connectivity index (χ3v) is 2.12. The average molecular weight is 171 g/mol. The summed E-state index contributed by atoms with van der Waals surface area (Å²) in [6, 6.07) is 0.380. The molecule has 1 N–H and O–H groups in total. The van der Waals surface area contributed by atoms with Crippen LogP contribution in [0.4, 0.5) is 4.79 Å². The van der Waals surface area contributed by atoms with Crippen molar-refractivity contribution in [2.75, 3.05) is 0 Å². The van der Waals surface area contributed by atoms with E-state index in [1.165, 1.54) is 0 Å². The van der Waals surface area contributed by atoms with Gasteiger partial charge in [-0.1, -0.05) is 6.92 Å². The lowest BCUT2D eigenvalue weighted by Gasteiger charge is -2.23. The normalized spacial score (nSPS) is 17.2. The molecule has 0 heterocycles. The molecular formula is C9H17NO2. The summed E-state index contributed by atoms with van der Waals surface area (Å²) < 4.78 is 5.19. The Kier molecular flexibility index (Phi) is 2.60. The van der Waals surface area contributed by atoms with Gasteiger partial charge in [-0.2, -0.15) is 0 Å². The Morgan fingerprint density at radius 2 is 2.17 bits per heavy atom. The van der Waals surface area contributed by atoms with Gasteiger partial charge in [0.15, 0.2) is 0 Å². The van der Waals surface area contributed by atoms with Crippen LogP contribution >= 0.6 is 0 Å². The molecule has 0 aromatic rings. The van der Waals surface area contributed by atoms with Crippen molar-refractivity contribution in [2.24, 2.45) is 0 Å². The fraction of sp³-hybridized carbons (Fsp3) is 0.889. The van der Waals surface area contributed by atoms with Gasteiger partial charge in [-0.15, -0.1) is 0 Å². The number of alkyl carbamates (subject to hydrolysis) is 1. The van der Waals surface area contributed by atoms with Crippen LogP contribution in [0.2, 0.25) is 0 Å². The van der Waals surface area contributed by atoms with Gasteiger partial charge in [0.2, 0.25) is 0 Å². The minimum Gasteiger partial charge on any atom is -0.444 e. The SMILES string of the molecule is CCC(C)(C)OC(=O)NC1CC1. The maximum Gasteiger partial charge on any atom is 0.407 e. The Bertz CT molecular complexity index is 173. The zero-order valence-corrected chi connectivity index (χ0v) is 8.02. The van der Waals surface area contributed by atoms with E-state index < -0.39 is 0 Å². The van der Waals surface area contributed by atoms with Gasteiger partial charge in [-0.3, -0.25) is 0 Å². The first-order chi connectivity index (χ1) is 5.53. The number of amides is 1. The van der Waals surface area contributed by atoms with Crippen molar-refractivity contribution in [1.29, 1.82) is 0 Å². The lowest BCUT2D eigenvalue weighted by atomic mass is 10.1. The molecule has 0 spiro atoms. The predicted molar refractivity (Wildman–Crippen MR) is 47.0 cm³/mol. The highest BCUT2D eigenvalue weighted by atomic mass is 16.6. The van der Waals surface area contributed by atoms with Crippen LogP contribution in [0.25, 0.3) is 0 Å². The molecule has 1 fully saturated rings. The molecule has 0 aromatic heterocycles. The Morgan fingerprint density at radius 3 is 2.58 bits per heavy atom. The van der Waals surface area contributed by atoms with Gasteiger partial charge in [0.25, 0.3) is 0 Å². The zero-order chi connectivity index (χ0) is 9.19. The molecule has 0 atom stereocenters. The van der Waals surface area contributed by atoms with Gasteiger partial charge in [0, 0.05) is 6.04 Å². The first kappa shape index (κ1) is 9.36. The topological polar surface area (TPSA) is 38.3 Å².